The Hall–Kier alpha value is -1.71. The molecule has 0 unspecified atom stereocenters. The minimum atomic E-state index is -0.258. The Kier molecular flexibility index (Phi) is 6.10. The summed E-state index contributed by atoms with van der Waals surface area (Å²) in [5.41, 5.74) is 1.97. The van der Waals surface area contributed by atoms with Gasteiger partial charge in [0.05, 0.1) is 6.61 Å². The highest BCUT2D eigenvalue weighted by molar-refractivity contribution is 6.30. The fourth-order valence-electron chi connectivity index (χ4n) is 2.06. The summed E-state index contributed by atoms with van der Waals surface area (Å²) in [5.74, 6) is -0.258. The molecular weight excluding hydrogens is 321 g/mol. The van der Waals surface area contributed by atoms with Gasteiger partial charge in [-0.25, -0.2) is 0 Å². The number of anilines is 1. The van der Waals surface area contributed by atoms with Crippen molar-refractivity contribution in [2.45, 2.75) is 13.5 Å². The van der Waals surface area contributed by atoms with E-state index >= 15 is 0 Å². The molecule has 0 fully saturated rings. The van der Waals surface area contributed by atoms with E-state index in [2.05, 4.69) is 0 Å². The summed E-state index contributed by atoms with van der Waals surface area (Å²) < 4.78 is 5.05. The molecule has 0 amide bonds. The monoisotopic (exact) mass is 337 g/mol. The molecule has 116 valence electrons. The van der Waals surface area contributed by atoms with Gasteiger partial charge in [-0.2, -0.15) is 0 Å². The van der Waals surface area contributed by atoms with Gasteiger partial charge in [0, 0.05) is 22.3 Å². The van der Waals surface area contributed by atoms with Crippen molar-refractivity contribution in [3.63, 3.8) is 0 Å². The van der Waals surface area contributed by atoms with Crippen molar-refractivity contribution in [2.75, 3.05) is 18.1 Å². The molecule has 5 heteroatoms. The van der Waals surface area contributed by atoms with E-state index in [1.54, 1.807) is 19.1 Å². The highest BCUT2D eigenvalue weighted by Gasteiger charge is 2.13. The third-order valence-electron chi connectivity index (χ3n) is 3.10. The van der Waals surface area contributed by atoms with Crippen LogP contribution in [-0.2, 0) is 16.1 Å². The Morgan fingerprint density at radius 3 is 2.09 bits per heavy atom. The number of carbonyl (C=O) groups is 1. The van der Waals surface area contributed by atoms with Crippen LogP contribution in [0.1, 0.15) is 12.5 Å². The normalized spacial score (nSPS) is 10.3. The van der Waals surface area contributed by atoms with Gasteiger partial charge in [-0.15, -0.1) is 0 Å². The number of nitrogens with zero attached hydrogens (tertiary/aromatic N) is 1. The smallest absolute Gasteiger partial charge is 0.325 e. The summed E-state index contributed by atoms with van der Waals surface area (Å²) in [5, 5.41) is 1.35. The highest BCUT2D eigenvalue weighted by Crippen LogP contribution is 2.21. The lowest BCUT2D eigenvalue weighted by atomic mass is 10.2. The van der Waals surface area contributed by atoms with Crippen molar-refractivity contribution in [2.24, 2.45) is 0 Å². The van der Waals surface area contributed by atoms with E-state index in [0.29, 0.717) is 23.2 Å². The summed E-state index contributed by atoms with van der Waals surface area (Å²) in [6.45, 7) is 2.92. The Morgan fingerprint density at radius 2 is 1.55 bits per heavy atom. The van der Waals surface area contributed by atoms with Crippen LogP contribution >= 0.6 is 23.2 Å². The van der Waals surface area contributed by atoms with Crippen LogP contribution in [0.3, 0.4) is 0 Å². The van der Waals surface area contributed by atoms with Crippen LogP contribution in [0.25, 0.3) is 0 Å². The van der Waals surface area contributed by atoms with E-state index in [1.165, 1.54) is 0 Å². The molecule has 2 aromatic rings. The van der Waals surface area contributed by atoms with Crippen molar-refractivity contribution in [3.8, 4) is 0 Å². The number of esters is 1. The molecule has 2 aromatic carbocycles. The summed E-state index contributed by atoms with van der Waals surface area (Å²) in [6, 6.07) is 14.9. The van der Waals surface area contributed by atoms with E-state index in [-0.39, 0.29) is 12.5 Å². The molecule has 0 atom stereocenters. The first-order valence-electron chi connectivity index (χ1n) is 6.99. The van der Waals surface area contributed by atoms with E-state index < -0.39 is 0 Å². The number of ether oxygens (including phenoxy) is 1. The molecule has 0 spiro atoms. The largest absolute Gasteiger partial charge is 0.465 e. The molecule has 22 heavy (non-hydrogen) atoms. The molecule has 3 nitrogen and oxygen atoms in total. The van der Waals surface area contributed by atoms with Gasteiger partial charge < -0.3 is 9.64 Å². The SMILES string of the molecule is CCOC(=O)CN(Cc1ccc(Cl)cc1)c1ccc(Cl)cc1. The maximum Gasteiger partial charge on any atom is 0.325 e. The van der Waals surface area contributed by atoms with Crippen molar-refractivity contribution < 1.29 is 9.53 Å². The zero-order valence-corrected chi connectivity index (χ0v) is 13.8. The molecule has 0 aliphatic rings. The van der Waals surface area contributed by atoms with E-state index in [9.17, 15) is 4.79 Å². The molecule has 0 N–H and O–H groups in total. The van der Waals surface area contributed by atoms with Crippen LogP contribution in [0.15, 0.2) is 48.5 Å². The van der Waals surface area contributed by atoms with Crippen LogP contribution in [0, 0.1) is 0 Å². The van der Waals surface area contributed by atoms with Gasteiger partial charge in [-0.05, 0) is 48.9 Å². The topological polar surface area (TPSA) is 29.5 Å². The van der Waals surface area contributed by atoms with Gasteiger partial charge in [0.15, 0.2) is 0 Å². The molecule has 0 aliphatic carbocycles. The van der Waals surface area contributed by atoms with Gasteiger partial charge in [-0.1, -0.05) is 35.3 Å². The molecule has 0 saturated heterocycles. The molecule has 0 bridgehead atoms. The average Bonchev–Trinajstić information content (AvgIpc) is 2.50. The van der Waals surface area contributed by atoms with Crippen LogP contribution in [0.4, 0.5) is 5.69 Å². The Morgan fingerprint density at radius 1 is 1.00 bits per heavy atom. The van der Waals surface area contributed by atoms with Gasteiger partial charge in [-0.3, -0.25) is 4.79 Å². The quantitative estimate of drug-likeness (QED) is 0.723. The van der Waals surface area contributed by atoms with E-state index in [1.807, 2.05) is 41.3 Å². The van der Waals surface area contributed by atoms with Crippen molar-refractivity contribution >= 4 is 34.9 Å². The number of benzene rings is 2. The Balaban J connectivity index is 2.18. The zero-order valence-electron chi connectivity index (χ0n) is 12.3. The maximum absolute atomic E-state index is 11.8. The van der Waals surface area contributed by atoms with Crippen molar-refractivity contribution in [1.82, 2.24) is 0 Å². The van der Waals surface area contributed by atoms with Gasteiger partial charge in [0.25, 0.3) is 0 Å². The lowest BCUT2D eigenvalue weighted by Gasteiger charge is -2.24. The lowest BCUT2D eigenvalue weighted by Crippen LogP contribution is -2.30. The molecular formula is C17H17Cl2NO2. The first kappa shape index (κ1) is 16.7. The molecule has 0 aliphatic heterocycles. The van der Waals surface area contributed by atoms with Crippen molar-refractivity contribution in [1.29, 1.82) is 0 Å². The third-order valence-corrected chi connectivity index (χ3v) is 3.61. The molecule has 0 radical (unpaired) electrons. The zero-order chi connectivity index (χ0) is 15.9. The Bertz CT molecular complexity index is 612. The first-order valence-corrected chi connectivity index (χ1v) is 7.74. The predicted molar refractivity (Wildman–Crippen MR) is 90.6 cm³/mol. The maximum atomic E-state index is 11.8. The summed E-state index contributed by atoms with van der Waals surface area (Å²) in [6.07, 6.45) is 0. The number of halogens is 2. The van der Waals surface area contributed by atoms with Gasteiger partial charge in [0.1, 0.15) is 6.54 Å². The van der Waals surface area contributed by atoms with Crippen molar-refractivity contribution in [3.05, 3.63) is 64.1 Å². The minimum absolute atomic E-state index is 0.179. The van der Waals surface area contributed by atoms with Crippen LogP contribution in [0.5, 0.6) is 0 Å². The molecule has 0 aromatic heterocycles. The number of rotatable bonds is 6. The summed E-state index contributed by atoms with van der Waals surface area (Å²) in [4.78, 5) is 13.8. The summed E-state index contributed by atoms with van der Waals surface area (Å²) >= 11 is 11.8. The number of hydrogen-bond donors (Lipinski definition) is 0. The molecule has 0 saturated carbocycles. The summed E-state index contributed by atoms with van der Waals surface area (Å²) in [7, 11) is 0. The molecule has 0 heterocycles. The fourth-order valence-corrected chi connectivity index (χ4v) is 2.32. The van der Waals surface area contributed by atoms with Gasteiger partial charge >= 0.3 is 5.97 Å². The minimum Gasteiger partial charge on any atom is -0.465 e. The van der Waals surface area contributed by atoms with E-state index in [4.69, 9.17) is 27.9 Å². The second kappa shape index (κ2) is 8.06. The van der Waals surface area contributed by atoms with Crippen LogP contribution in [-0.4, -0.2) is 19.1 Å². The third kappa shape index (κ3) is 4.93. The standard InChI is InChI=1S/C17H17Cl2NO2/c1-2-22-17(21)12-20(16-9-7-15(19)8-10-16)11-13-3-5-14(18)6-4-13/h3-10H,2,11-12H2,1H3. The second-order valence-corrected chi connectivity index (χ2v) is 5.64. The number of hydrogen-bond acceptors (Lipinski definition) is 3. The molecule has 2 rings (SSSR count). The predicted octanol–water partition coefficient (Wildman–Crippen LogP) is 4.56. The fraction of sp³-hybridized carbons (Fsp3) is 0.235. The Labute approximate surface area is 140 Å². The lowest BCUT2D eigenvalue weighted by molar-refractivity contribution is -0.141. The first-order chi connectivity index (χ1) is 10.6. The second-order valence-electron chi connectivity index (χ2n) is 4.76. The average molecular weight is 338 g/mol. The van der Waals surface area contributed by atoms with E-state index in [0.717, 1.165) is 11.3 Å². The highest BCUT2D eigenvalue weighted by atomic mass is 35.5. The van der Waals surface area contributed by atoms with Gasteiger partial charge in [0.2, 0.25) is 0 Å². The number of carbonyl (C=O) groups excluding carboxylic acids is 1. The van der Waals surface area contributed by atoms with Crippen LogP contribution < -0.4 is 4.90 Å². The van der Waals surface area contributed by atoms with Crippen LogP contribution in [0.2, 0.25) is 10.0 Å².